The third-order valence-corrected chi connectivity index (χ3v) is 4.40. The van der Waals surface area contributed by atoms with Gasteiger partial charge < -0.3 is 4.79 Å². The van der Waals surface area contributed by atoms with Crippen LogP contribution < -0.4 is 0 Å². The van der Waals surface area contributed by atoms with Crippen LogP contribution in [0, 0.1) is 23.7 Å². The highest BCUT2D eigenvalue weighted by Gasteiger charge is 2.39. The fraction of sp³-hybridized carbons (Fsp3) is 0.647. The molecule has 0 aromatic rings. The van der Waals surface area contributed by atoms with E-state index >= 15 is 0 Å². The molecule has 0 spiro atoms. The normalized spacial score (nSPS) is 26.7. The maximum atomic E-state index is 11.9. The summed E-state index contributed by atoms with van der Waals surface area (Å²) < 4.78 is 0. The molecule has 0 bridgehead atoms. The van der Waals surface area contributed by atoms with Gasteiger partial charge in [-0.3, -0.25) is 14.4 Å². The van der Waals surface area contributed by atoms with Crippen LogP contribution in [-0.2, 0) is 19.2 Å². The standard InChI is InChI=1S/C17H24O4/c1-9-6-14(15(11(3)19)7-10(2)18)8-16(12(4)20)17(9)13(5)21/h6,14-17H,7-8H2,1-5H3/t14?,15-,16?,17?/m1/s1. The Balaban J connectivity index is 3.15. The highest BCUT2D eigenvalue weighted by Crippen LogP contribution is 2.39. The zero-order chi connectivity index (χ0) is 16.3. The lowest BCUT2D eigenvalue weighted by atomic mass is 9.67. The number of rotatable bonds is 6. The van der Waals surface area contributed by atoms with Crippen molar-refractivity contribution in [3.8, 4) is 0 Å². The predicted molar refractivity (Wildman–Crippen MR) is 79.7 cm³/mol. The lowest BCUT2D eigenvalue weighted by Crippen LogP contribution is -2.37. The van der Waals surface area contributed by atoms with E-state index in [1.165, 1.54) is 27.7 Å². The molecule has 0 aromatic heterocycles. The first kappa shape index (κ1) is 17.5. The van der Waals surface area contributed by atoms with Crippen molar-refractivity contribution in [3.05, 3.63) is 11.6 Å². The number of Topliss-reactive ketones (excluding diaryl/α,β-unsaturated/α-hetero) is 4. The largest absolute Gasteiger partial charge is 0.300 e. The van der Waals surface area contributed by atoms with Crippen LogP contribution >= 0.6 is 0 Å². The maximum Gasteiger partial charge on any atom is 0.137 e. The summed E-state index contributed by atoms with van der Waals surface area (Å²) in [7, 11) is 0. The van der Waals surface area contributed by atoms with Crippen LogP contribution in [0.3, 0.4) is 0 Å². The number of carbonyl (C=O) groups excluding carboxylic acids is 4. The van der Waals surface area contributed by atoms with E-state index in [1.54, 1.807) is 0 Å². The molecule has 0 radical (unpaired) electrons. The molecule has 3 unspecified atom stereocenters. The van der Waals surface area contributed by atoms with Gasteiger partial charge in [-0.25, -0.2) is 0 Å². The molecule has 21 heavy (non-hydrogen) atoms. The van der Waals surface area contributed by atoms with Crippen molar-refractivity contribution in [2.75, 3.05) is 0 Å². The van der Waals surface area contributed by atoms with Crippen LogP contribution in [0.1, 0.15) is 47.5 Å². The summed E-state index contributed by atoms with van der Waals surface area (Å²) in [6.07, 6.45) is 2.58. The zero-order valence-electron chi connectivity index (χ0n) is 13.4. The summed E-state index contributed by atoms with van der Waals surface area (Å²) in [6.45, 7) is 7.77. The Morgan fingerprint density at radius 2 is 1.67 bits per heavy atom. The molecule has 4 heteroatoms. The van der Waals surface area contributed by atoms with Crippen LogP contribution in [0.4, 0.5) is 0 Å². The minimum absolute atomic E-state index is 0.0201. The minimum atomic E-state index is -0.396. The Morgan fingerprint density at radius 1 is 1.10 bits per heavy atom. The first-order valence-electron chi connectivity index (χ1n) is 7.34. The van der Waals surface area contributed by atoms with Crippen LogP contribution in [0.25, 0.3) is 0 Å². The molecule has 116 valence electrons. The highest BCUT2D eigenvalue weighted by atomic mass is 16.1. The third-order valence-electron chi connectivity index (χ3n) is 4.40. The highest BCUT2D eigenvalue weighted by molar-refractivity contribution is 5.90. The lowest BCUT2D eigenvalue weighted by Gasteiger charge is -2.35. The topological polar surface area (TPSA) is 68.3 Å². The number of ketones is 4. The molecule has 0 aromatic carbocycles. The van der Waals surface area contributed by atoms with Gasteiger partial charge in [-0.15, -0.1) is 0 Å². The van der Waals surface area contributed by atoms with Crippen molar-refractivity contribution in [3.63, 3.8) is 0 Å². The molecule has 0 saturated heterocycles. The summed E-state index contributed by atoms with van der Waals surface area (Å²) in [4.78, 5) is 46.9. The number of allylic oxidation sites excluding steroid dienone is 2. The molecule has 4 nitrogen and oxygen atoms in total. The second-order valence-electron chi connectivity index (χ2n) is 6.24. The SMILES string of the molecule is CC(=O)C[C@H](C(C)=O)C1C=C(C)C(C(C)=O)C(C(C)=O)C1. The fourth-order valence-electron chi connectivity index (χ4n) is 3.45. The first-order chi connectivity index (χ1) is 9.65. The van der Waals surface area contributed by atoms with Gasteiger partial charge in [0, 0.05) is 24.2 Å². The van der Waals surface area contributed by atoms with E-state index in [1.807, 2.05) is 13.0 Å². The van der Waals surface area contributed by atoms with Crippen molar-refractivity contribution < 1.29 is 19.2 Å². The summed E-state index contributed by atoms with van der Waals surface area (Å²) in [5.74, 6) is -1.43. The summed E-state index contributed by atoms with van der Waals surface area (Å²) in [5, 5.41) is 0. The summed E-state index contributed by atoms with van der Waals surface area (Å²) >= 11 is 0. The maximum absolute atomic E-state index is 11.9. The summed E-state index contributed by atoms with van der Waals surface area (Å²) in [6, 6.07) is 0. The van der Waals surface area contributed by atoms with E-state index in [4.69, 9.17) is 0 Å². The minimum Gasteiger partial charge on any atom is -0.300 e. The van der Waals surface area contributed by atoms with Gasteiger partial charge in [0.2, 0.25) is 0 Å². The zero-order valence-corrected chi connectivity index (χ0v) is 13.4. The van der Waals surface area contributed by atoms with Gasteiger partial charge in [0.05, 0.1) is 0 Å². The molecule has 0 amide bonds. The van der Waals surface area contributed by atoms with Gasteiger partial charge in [-0.2, -0.15) is 0 Å². The predicted octanol–water partition coefficient (Wildman–Crippen LogP) is 2.55. The van der Waals surface area contributed by atoms with Gasteiger partial charge in [0.15, 0.2) is 0 Å². The molecule has 0 aliphatic heterocycles. The van der Waals surface area contributed by atoms with Crippen molar-refractivity contribution in [1.82, 2.24) is 0 Å². The van der Waals surface area contributed by atoms with E-state index in [0.717, 1.165) is 5.57 Å². The molecular weight excluding hydrogens is 268 g/mol. The lowest BCUT2D eigenvalue weighted by molar-refractivity contribution is -0.131. The van der Waals surface area contributed by atoms with Gasteiger partial charge in [0.1, 0.15) is 23.1 Å². The Bertz CT molecular complexity index is 501. The molecule has 0 heterocycles. The quantitative estimate of drug-likeness (QED) is 0.705. The molecule has 0 saturated carbocycles. The molecule has 0 N–H and O–H groups in total. The van der Waals surface area contributed by atoms with Crippen LogP contribution in [0.5, 0.6) is 0 Å². The number of hydrogen-bond acceptors (Lipinski definition) is 4. The molecule has 1 aliphatic rings. The van der Waals surface area contributed by atoms with Gasteiger partial charge in [-0.05, 0) is 47.0 Å². The Morgan fingerprint density at radius 3 is 2.05 bits per heavy atom. The van der Waals surface area contributed by atoms with Crippen LogP contribution in [0.15, 0.2) is 11.6 Å². The summed E-state index contributed by atoms with van der Waals surface area (Å²) in [5.41, 5.74) is 0.841. The van der Waals surface area contributed by atoms with Gasteiger partial charge >= 0.3 is 0 Å². The molecular formula is C17H24O4. The van der Waals surface area contributed by atoms with Gasteiger partial charge in [-0.1, -0.05) is 11.6 Å². The van der Waals surface area contributed by atoms with E-state index in [9.17, 15) is 19.2 Å². The Hall–Kier alpha value is -1.58. The first-order valence-corrected chi connectivity index (χ1v) is 7.34. The van der Waals surface area contributed by atoms with Crippen molar-refractivity contribution >= 4 is 23.1 Å². The average molecular weight is 292 g/mol. The van der Waals surface area contributed by atoms with E-state index in [2.05, 4.69) is 0 Å². The van der Waals surface area contributed by atoms with E-state index in [0.29, 0.717) is 6.42 Å². The smallest absolute Gasteiger partial charge is 0.137 e. The molecule has 4 atom stereocenters. The monoisotopic (exact) mass is 292 g/mol. The second-order valence-corrected chi connectivity index (χ2v) is 6.24. The van der Waals surface area contributed by atoms with Crippen LogP contribution in [0.2, 0.25) is 0 Å². The Kier molecular flexibility index (Phi) is 5.76. The van der Waals surface area contributed by atoms with Crippen LogP contribution in [-0.4, -0.2) is 23.1 Å². The third kappa shape index (κ3) is 4.19. The molecule has 0 fully saturated rings. The number of carbonyl (C=O) groups is 4. The Labute approximate surface area is 126 Å². The fourth-order valence-corrected chi connectivity index (χ4v) is 3.45. The average Bonchev–Trinajstić information content (AvgIpc) is 2.33. The number of hydrogen-bond donors (Lipinski definition) is 0. The van der Waals surface area contributed by atoms with Gasteiger partial charge in [0.25, 0.3) is 0 Å². The molecule has 1 aliphatic carbocycles. The van der Waals surface area contributed by atoms with E-state index < -0.39 is 5.92 Å². The van der Waals surface area contributed by atoms with Crippen molar-refractivity contribution in [2.24, 2.45) is 23.7 Å². The van der Waals surface area contributed by atoms with Crippen molar-refractivity contribution in [1.29, 1.82) is 0 Å². The molecule has 1 rings (SSSR count). The van der Waals surface area contributed by atoms with Crippen molar-refractivity contribution in [2.45, 2.75) is 47.5 Å². The van der Waals surface area contributed by atoms with E-state index in [-0.39, 0.29) is 47.3 Å². The second kappa shape index (κ2) is 6.92.